The molecule has 3 heterocycles. The molecule has 9 aromatic rings. The van der Waals surface area contributed by atoms with Crippen LogP contribution in [0.2, 0.25) is 5.02 Å². The molecule has 0 atom stereocenters. The molecule has 0 aliphatic carbocycles. The van der Waals surface area contributed by atoms with Crippen LogP contribution in [-0.4, -0.2) is 9.97 Å². The minimum absolute atomic E-state index is 0.647. The average Bonchev–Trinajstić information content (AvgIpc) is 3.62. The molecule has 44 heavy (non-hydrogen) atoms. The highest BCUT2D eigenvalue weighted by atomic mass is 35.5. The van der Waals surface area contributed by atoms with Gasteiger partial charge in [0.2, 0.25) is 0 Å². The molecule has 3 nitrogen and oxygen atoms in total. The highest BCUT2D eigenvalue weighted by Gasteiger charge is 2.21. The molecule has 0 aliphatic rings. The highest BCUT2D eigenvalue weighted by molar-refractivity contribution is 7.26. The SMILES string of the molecule is Cc1c(-c2ccc3c(c2)oc2ccccc23)nc(-c2cc(Cl)cc3sc4ccccc4c23)nc1-c1cccc2ccccc12. The van der Waals surface area contributed by atoms with Crippen molar-refractivity contribution in [3.8, 4) is 33.9 Å². The summed E-state index contributed by atoms with van der Waals surface area (Å²) >= 11 is 8.51. The highest BCUT2D eigenvalue weighted by Crippen LogP contribution is 2.43. The Kier molecular flexibility index (Phi) is 5.64. The summed E-state index contributed by atoms with van der Waals surface area (Å²) in [6.45, 7) is 2.12. The van der Waals surface area contributed by atoms with E-state index in [4.69, 9.17) is 26.0 Å². The molecule has 0 radical (unpaired) electrons. The van der Waals surface area contributed by atoms with Crippen molar-refractivity contribution >= 4 is 75.8 Å². The van der Waals surface area contributed by atoms with E-state index < -0.39 is 0 Å². The summed E-state index contributed by atoms with van der Waals surface area (Å²) in [4.78, 5) is 10.6. The zero-order valence-electron chi connectivity index (χ0n) is 23.6. The molecule has 5 heteroatoms. The van der Waals surface area contributed by atoms with Gasteiger partial charge in [0.1, 0.15) is 11.2 Å². The van der Waals surface area contributed by atoms with Crippen LogP contribution in [0.3, 0.4) is 0 Å². The lowest BCUT2D eigenvalue weighted by Gasteiger charge is -2.16. The molecule has 0 N–H and O–H groups in total. The second-order valence-electron chi connectivity index (χ2n) is 11.1. The third kappa shape index (κ3) is 3.88. The molecule has 0 bridgehead atoms. The Labute approximate surface area is 262 Å². The number of halogens is 1. The zero-order chi connectivity index (χ0) is 29.4. The fourth-order valence-electron chi connectivity index (χ4n) is 6.48. The van der Waals surface area contributed by atoms with E-state index in [2.05, 4.69) is 97.9 Å². The van der Waals surface area contributed by atoms with E-state index in [1.165, 1.54) is 15.5 Å². The van der Waals surface area contributed by atoms with Gasteiger partial charge in [0, 0.05) is 58.2 Å². The molecular weight excluding hydrogens is 580 g/mol. The van der Waals surface area contributed by atoms with E-state index in [1.807, 2.05) is 30.3 Å². The lowest BCUT2D eigenvalue weighted by Crippen LogP contribution is -2.01. The van der Waals surface area contributed by atoms with Crippen LogP contribution < -0.4 is 0 Å². The monoisotopic (exact) mass is 602 g/mol. The van der Waals surface area contributed by atoms with Crippen LogP contribution in [0.4, 0.5) is 0 Å². The van der Waals surface area contributed by atoms with Gasteiger partial charge in [-0.2, -0.15) is 0 Å². The fourth-order valence-corrected chi connectivity index (χ4v) is 7.94. The minimum atomic E-state index is 0.647. The van der Waals surface area contributed by atoms with Gasteiger partial charge in [0.15, 0.2) is 5.82 Å². The third-order valence-electron chi connectivity index (χ3n) is 8.53. The van der Waals surface area contributed by atoms with E-state index in [0.717, 1.165) is 71.1 Å². The standard InChI is InChI=1S/C39H23ClN2OS/c1-22-37(24-17-18-28-27-12-4-6-15-32(27)43-33(28)19-24)41-39(42-38(22)29-14-8-10-23-9-2-3-11-26(23)29)31-20-25(40)21-35-36(31)30-13-5-7-16-34(30)44-35/h2-21H,1H3. The molecule has 9 rings (SSSR count). The Morgan fingerprint density at radius 2 is 1.32 bits per heavy atom. The first-order valence-corrected chi connectivity index (χ1v) is 15.7. The largest absolute Gasteiger partial charge is 0.456 e. The maximum atomic E-state index is 6.77. The van der Waals surface area contributed by atoms with E-state index in [9.17, 15) is 0 Å². The van der Waals surface area contributed by atoms with Crippen LogP contribution >= 0.6 is 22.9 Å². The Morgan fingerprint density at radius 3 is 2.23 bits per heavy atom. The number of aromatic nitrogens is 2. The van der Waals surface area contributed by atoms with Crippen molar-refractivity contribution in [3.63, 3.8) is 0 Å². The molecule has 0 unspecified atom stereocenters. The molecule has 0 amide bonds. The van der Waals surface area contributed by atoms with Gasteiger partial charge in [0.05, 0.1) is 11.4 Å². The van der Waals surface area contributed by atoms with Crippen molar-refractivity contribution in [2.24, 2.45) is 0 Å². The van der Waals surface area contributed by atoms with Gasteiger partial charge < -0.3 is 4.42 Å². The number of para-hydroxylation sites is 1. The van der Waals surface area contributed by atoms with Crippen molar-refractivity contribution in [2.45, 2.75) is 6.92 Å². The fraction of sp³-hybridized carbons (Fsp3) is 0.0256. The summed E-state index contributed by atoms with van der Waals surface area (Å²) in [6.07, 6.45) is 0. The third-order valence-corrected chi connectivity index (χ3v) is 9.86. The molecule has 3 aromatic heterocycles. The number of hydrogen-bond acceptors (Lipinski definition) is 4. The first-order valence-electron chi connectivity index (χ1n) is 14.5. The number of furan rings is 1. The molecule has 0 aliphatic heterocycles. The van der Waals surface area contributed by atoms with Crippen LogP contribution in [0.25, 0.3) is 86.8 Å². The zero-order valence-corrected chi connectivity index (χ0v) is 25.2. The Balaban J connectivity index is 1.37. The summed E-state index contributed by atoms with van der Waals surface area (Å²) < 4.78 is 8.62. The topological polar surface area (TPSA) is 38.9 Å². The van der Waals surface area contributed by atoms with Gasteiger partial charge in [-0.3, -0.25) is 0 Å². The van der Waals surface area contributed by atoms with Gasteiger partial charge >= 0.3 is 0 Å². The Morgan fingerprint density at radius 1 is 0.591 bits per heavy atom. The number of thiophene rings is 1. The second kappa shape index (κ2) is 9.75. The predicted molar refractivity (Wildman–Crippen MR) is 186 cm³/mol. The quantitative estimate of drug-likeness (QED) is 0.202. The van der Waals surface area contributed by atoms with Gasteiger partial charge in [-0.15, -0.1) is 11.3 Å². The van der Waals surface area contributed by atoms with Gasteiger partial charge in [-0.25, -0.2) is 9.97 Å². The predicted octanol–water partition coefficient (Wildman–Crippen LogP) is 11.9. The second-order valence-corrected chi connectivity index (χ2v) is 12.7. The molecular formula is C39H23ClN2OS. The Bertz CT molecular complexity index is 2590. The Hall–Kier alpha value is -5.03. The van der Waals surface area contributed by atoms with Crippen molar-refractivity contribution in [2.75, 3.05) is 0 Å². The van der Waals surface area contributed by atoms with E-state index in [0.29, 0.717) is 10.8 Å². The van der Waals surface area contributed by atoms with Crippen LogP contribution in [-0.2, 0) is 0 Å². The molecule has 0 spiro atoms. The number of benzene rings is 6. The van der Waals surface area contributed by atoms with Crippen molar-refractivity contribution in [3.05, 3.63) is 132 Å². The van der Waals surface area contributed by atoms with Gasteiger partial charge in [-0.1, -0.05) is 96.5 Å². The number of fused-ring (bicyclic) bond motifs is 7. The lowest BCUT2D eigenvalue weighted by atomic mass is 9.96. The van der Waals surface area contributed by atoms with Crippen LogP contribution in [0.1, 0.15) is 5.56 Å². The maximum Gasteiger partial charge on any atom is 0.161 e. The smallest absolute Gasteiger partial charge is 0.161 e. The van der Waals surface area contributed by atoms with Crippen molar-refractivity contribution in [1.82, 2.24) is 9.97 Å². The maximum absolute atomic E-state index is 6.77. The van der Waals surface area contributed by atoms with Gasteiger partial charge in [0.25, 0.3) is 0 Å². The van der Waals surface area contributed by atoms with Crippen molar-refractivity contribution in [1.29, 1.82) is 0 Å². The van der Waals surface area contributed by atoms with Crippen LogP contribution in [0, 0.1) is 6.92 Å². The lowest BCUT2D eigenvalue weighted by molar-refractivity contribution is 0.669. The average molecular weight is 603 g/mol. The molecule has 0 saturated carbocycles. The van der Waals surface area contributed by atoms with Crippen molar-refractivity contribution < 1.29 is 4.42 Å². The first-order chi connectivity index (χ1) is 21.6. The minimum Gasteiger partial charge on any atom is -0.456 e. The summed E-state index contributed by atoms with van der Waals surface area (Å²) in [5.41, 5.74) is 7.47. The molecule has 0 fully saturated rings. The van der Waals surface area contributed by atoms with Gasteiger partial charge in [-0.05, 0) is 54.1 Å². The summed E-state index contributed by atoms with van der Waals surface area (Å²) in [5, 5.41) is 7.49. The van der Waals surface area contributed by atoms with E-state index >= 15 is 0 Å². The molecule has 0 saturated heterocycles. The number of rotatable bonds is 3. The summed E-state index contributed by atoms with van der Waals surface area (Å²) in [5.74, 6) is 0.647. The van der Waals surface area contributed by atoms with Crippen LogP contribution in [0.5, 0.6) is 0 Å². The molecule has 6 aromatic carbocycles. The summed E-state index contributed by atoms with van der Waals surface area (Å²) in [7, 11) is 0. The van der Waals surface area contributed by atoms with E-state index in [1.54, 1.807) is 11.3 Å². The number of hydrogen-bond donors (Lipinski definition) is 0. The first kappa shape index (κ1) is 25.5. The van der Waals surface area contributed by atoms with Crippen LogP contribution in [0.15, 0.2) is 126 Å². The molecule has 208 valence electrons. The summed E-state index contributed by atoms with van der Waals surface area (Å²) in [6, 6.07) is 41.9. The normalized spacial score (nSPS) is 11.9. The van der Waals surface area contributed by atoms with E-state index in [-0.39, 0.29) is 0 Å². The number of nitrogens with zero attached hydrogens (tertiary/aromatic N) is 2.